The summed E-state index contributed by atoms with van der Waals surface area (Å²) >= 11 is 0. The number of hydrogen-bond acceptors (Lipinski definition) is 2. The second kappa shape index (κ2) is 4.50. The largest absolute Gasteiger partial charge is 0.298 e. The van der Waals surface area contributed by atoms with E-state index in [-0.39, 0.29) is 5.78 Å². The van der Waals surface area contributed by atoms with Crippen LogP contribution in [0.1, 0.15) is 31.2 Å². The minimum Gasteiger partial charge on any atom is -0.298 e. The second-order valence-corrected chi connectivity index (χ2v) is 5.88. The molecule has 2 rings (SSSR count). The van der Waals surface area contributed by atoms with Crippen molar-refractivity contribution >= 4 is 16.6 Å². The zero-order valence-corrected chi connectivity index (χ0v) is 10.3. The highest BCUT2D eigenvalue weighted by molar-refractivity contribution is 7.86. The standard InChI is InChI=1S/C13H16O2S/c1-16(15)13(10-6-5-9-12(13)14)11-7-3-2-4-8-11/h2-4,7-8H,5-6,9-10H2,1H3/t13-,16?/m1/s1. The maximum absolute atomic E-state index is 12.2. The Bertz CT molecular complexity index is 413. The molecular formula is C13H16O2S. The minimum absolute atomic E-state index is 0.144. The van der Waals surface area contributed by atoms with Crippen LogP contribution in [0, 0.1) is 0 Å². The fourth-order valence-corrected chi connectivity index (χ4v) is 3.81. The molecule has 0 spiro atoms. The Balaban J connectivity index is 2.51. The van der Waals surface area contributed by atoms with Gasteiger partial charge in [0.25, 0.3) is 0 Å². The molecule has 3 heteroatoms. The zero-order valence-electron chi connectivity index (χ0n) is 9.44. The molecule has 0 radical (unpaired) electrons. The van der Waals surface area contributed by atoms with Crippen LogP contribution in [-0.4, -0.2) is 16.2 Å². The fourth-order valence-electron chi connectivity index (χ4n) is 2.48. The lowest BCUT2D eigenvalue weighted by Gasteiger charge is -2.34. The van der Waals surface area contributed by atoms with Gasteiger partial charge in [-0.1, -0.05) is 36.8 Å². The molecule has 0 bridgehead atoms. The summed E-state index contributed by atoms with van der Waals surface area (Å²) in [5.41, 5.74) is 0.917. The molecule has 1 aliphatic carbocycles. The molecule has 2 atom stereocenters. The number of rotatable bonds is 2. The molecule has 0 aliphatic heterocycles. The van der Waals surface area contributed by atoms with Gasteiger partial charge < -0.3 is 0 Å². The number of ketones is 1. The Morgan fingerprint density at radius 2 is 1.88 bits per heavy atom. The summed E-state index contributed by atoms with van der Waals surface area (Å²) in [6.07, 6.45) is 4.86. The molecule has 2 nitrogen and oxygen atoms in total. The van der Waals surface area contributed by atoms with E-state index in [1.54, 1.807) is 6.26 Å². The Morgan fingerprint density at radius 3 is 2.44 bits per heavy atom. The monoisotopic (exact) mass is 236 g/mol. The average molecular weight is 236 g/mol. The molecule has 1 fully saturated rings. The molecule has 86 valence electrons. The van der Waals surface area contributed by atoms with E-state index in [1.165, 1.54) is 0 Å². The van der Waals surface area contributed by atoms with E-state index < -0.39 is 15.5 Å². The van der Waals surface area contributed by atoms with Crippen LogP contribution in [-0.2, 0) is 20.3 Å². The van der Waals surface area contributed by atoms with Crippen molar-refractivity contribution in [3.63, 3.8) is 0 Å². The number of benzene rings is 1. The van der Waals surface area contributed by atoms with E-state index in [0.717, 1.165) is 24.8 Å². The van der Waals surface area contributed by atoms with Crippen molar-refractivity contribution < 1.29 is 9.00 Å². The van der Waals surface area contributed by atoms with Gasteiger partial charge >= 0.3 is 0 Å². The molecule has 1 aromatic rings. The number of carbonyl (C=O) groups is 1. The van der Waals surface area contributed by atoms with Crippen LogP contribution in [0.2, 0.25) is 0 Å². The molecule has 1 aliphatic rings. The smallest absolute Gasteiger partial charge is 0.155 e. The molecular weight excluding hydrogens is 220 g/mol. The van der Waals surface area contributed by atoms with Crippen molar-refractivity contribution in [2.45, 2.75) is 30.4 Å². The second-order valence-electron chi connectivity index (χ2n) is 4.28. The third-order valence-electron chi connectivity index (χ3n) is 3.36. The first kappa shape index (κ1) is 11.5. The average Bonchev–Trinajstić information content (AvgIpc) is 2.30. The number of Topliss-reactive ketones (excluding diaryl/α,β-unsaturated/α-hetero) is 1. The molecule has 0 aromatic heterocycles. The van der Waals surface area contributed by atoms with E-state index in [0.29, 0.717) is 6.42 Å². The van der Waals surface area contributed by atoms with Crippen LogP contribution in [0.15, 0.2) is 30.3 Å². The molecule has 1 aromatic carbocycles. The van der Waals surface area contributed by atoms with Crippen molar-refractivity contribution in [1.82, 2.24) is 0 Å². The SMILES string of the molecule is CS(=O)[C@@]1(c2ccccc2)CCCCC1=O. The highest BCUT2D eigenvalue weighted by Crippen LogP contribution is 2.39. The Labute approximate surface area is 98.5 Å². The van der Waals surface area contributed by atoms with Gasteiger partial charge in [0, 0.05) is 23.5 Å². The van der Waals surface area contributed by atoms with Crippen molar-refractivity contribution in [3.05, 3.63) is 35.9 Å². The van der Waals surface area contributed by atoms with Crippen molar-refractivity contribution in [2.24, 2.45) is 0 Å². The minimum atomic E-state index is -1.14. The lowest BCUT2D eigenvalue weighted by molar-refractivity contribution is -0.123. The highest BCUT2D eigenvalue weighted by Gasteiger charge is 2.44. The summed E-state index contributed by atoms with van der Waals surface area (Å²) in [6, 6.07) is 9.58. The third-order valence-corrected chi connectivity index (χ3v) is 5.01. The quantitative estimate of drug-likeness (QED) is 0.790. The maximum atomic E-state index is 12.2. The zero-order chi connectivity index (χ0) is 11.6. The third kappa shape index (κ3) is 1.73. The molecule has 1 unspecified atom stereocenters. The lowest BCUT2D eigenvalue weighted by atomic mass is 9.82. The molecule has 0 amide bonds. The van der Waals surface area contributed by atoms with E-state index in [1.807, 2.05) is 30.3 Å². The van der Waals surface area contributed by atoms with Gasteiger partial charge in [0.2, 0.25) is 0 Å². The van der Waals surface area contributed by atoms with Crippen LogP contribution in [0.5, 0.6) is 0 Å². The van der Waals surface area contributed by atoms with E-state index >= 15 is 0 Å². The topological polar surface area (TPSA) is 34.1 Å². The predicted molar refractivity (Wildman–Crippen MR) is 65.7 cm³/mol. The summed E-state index contributed by atoms with van der Waals surface area (Å²) in [6.45, 7) is 0. The molecule has 0 heterocycles. The first-order valence-electron chi connectivity index (χ1n) is 5.60. The fraction of sp³-hybridized carbons (Fsp3) is 0.462. The Kier molecular flexibility index (Phi) is 3.24. The van der Waals surface area contributed by atoms with E-state index in [9.17, 15) is 9.00 Å². The van der Waals surface area contributed by atoms with Gasteiger partial charge in [0.05, 0.1) is 0 Å². The van der Waals surface area contributed by atoms with Crippen LogP contribution < -0.4 is 0 Å². The van der Waals surface area contributed by atoms with Crippen molar-refractivity contribution in [3.8, 4) is 0 Å². The van der Waals surface area contributed by atoms with Crippen LogP contribution >= 0.6 is 0 Å². The molecule has 0 saturated heterocycles. The van der Waals surface area contributed by atoms with E-state index in [4.69, 9.17) is 0 Å². The van der Waals surface area contributed by atoms with Crippen LogP contribution in [0.3, 0.4) is 0 Å². The van der Waals surface area contributed by atoms with Gasteiger partial charge in [-0.25, -0.2) is 0 Å². The summed E-state index contributed by atoms with van der Waals surface area (Å²) < 4.78 is 11.3. The summed E-state index contributed by atoms with van der Waals surface area (Å²) in [5, 5.41) is 0. The van der Waals surface area contributed by atoms with Gasteiger partial charge in [-0.05, 0) is 18.4 Å². The normalized spacial score (nSPS) is 27.7. The maximum Gasteiger partial charge on any atom is 0.155 e. The molecule has 16 heavy (non-hydrogen) atoms. The van der Waals surface area contributed by atoms with Crippen molar-refractivity contribution in [2.75, 3.05) is 6.26 Å². The van der Waals surface area contributed by atoms with Gasteiger partial charge in [-0.2, -0.15) is 0 Å². The summed E-state index contributed by atoms with van der Waals surface area (Å²) in [7, 11) is -1.14. The number of carbonyl (C=O) groups excluding carboxylic acids is 1. The van der Waals surface area contributed by atoms with E-state index in [2.05, 4.69) is 0 Å². The van der Waals surface area contributed by atoms with Crippen molar-refractivity contribution in [1.29, 1.82) is 0 Å². The van der Waals surface area contributed by atoms with Crippen LogP contribution in [0.25, 0.3) is 0 Å². The highest BCUT2D eigenvalue weighted by atomic mass is 32.2. The van der Waals surface area contributed by atoms with Gasteiger partial charge in [-0.3, -0.25) is 9.00 Å². The van der Waals surface area contributed by atoms with Gasteiger partial charge in [0.15, 0.2) is 5.78 Å². The van der Waals surface area contributed by atoms with Gasteiger partial charge in [0.1, 0.15) is 4.75 Å². The predicted octanol–water partition coefficient (Wildman–Crippen LogP) is 2.40. The first-order valence-corrected chi connectivity index (χ1v) is 7.16. The summed E-state index contributed by atoms with van der Waals surface area (Å²) in [5.74, 6) is 0.144. The van der Waals surface area contributed by atoms with Gasteiger partial charge in [-0.15, -0.1) is 0 Å². The first-order chi connectivity index (χ1) is 7.68. The number of hydrogen-bond donors (Lipinski definition) is 0. The Hall–Kier alpha value is -0.960. The Morgan fingerprint density at radius 1 is 1.19 bits per heavy atom. The lowest BCUT2D eigenvalue weighted by Crippen LogP contribution is -2.42. The van der Waals surface area contributed by atoms with Crippen LogP contribution in [0.4, 0.5) is 0 Å². The molecule has 0 N–H and O–H groups in total. The molecule has 1 saturated carbocycles. The summed E-state index contributed by atoms with van der Waals surface area (Å²) in [4.78, 5) is 12.2.